The maximum absolute atomic E-state index is 11.2. The van der Waals surface area contributed by atoms with Crippen molar-refractivity contribution in [2.24, 2.45) is 0 Å². The first-order chi connectivity index (χ1) is 7.20. The lowest BCUT2D eigenvalue weighted by Crippen LogP contribution is -2.14. The lowest BCUT2D eigenvalue weighted by molar-refractivity contribution is 0.0991. The van der Waals surface area contributed by atoms with Crippen LogP contribution in [0.2, 0.25) is 0 Å². The van der Waals surface area contributed by atoms with Crippen molar-refractivity contribution in [3.63, 3.8) is 0 Å². The van der Waals surface area contributed by atoms with Crippen molar-refractivity contribution < 1.29 is 14.6 Å². The van der Waals surface area contributed by atoms with Crippen molar-refractivity contribution in [3.8, 4) is 0 Å². The highest BCUT2D eigenvalue weighted by molar-refractivity contribution is 5.90. The Bertz CT molecular complexity index is 333. The van der Waals surface area contributed by atoms with Crippen LogP contribution >= 0.6 is 0 Å². The molecule has 0 aliphatic rings. The molecule has 0 aliphatic heterocycles. The molecule has 5 heteroatoms. The summed E-state index contributed by atoms with van der Waals surface area (Å²) < 4.78 is 6.89. The molecule has 1 N–H and O–H groups in total. The highest BCUT2D eigenvalue weighted by atomic mass is 16.5. The van der Waals surface area contributed by atoms with Crippen LogP contribution in [0, 0.1) is 0 Å². The standard InChI is InChI=1S/C10H16N2O3/c1-3-15-5-4-12-9(7-13)6-11-10(12)8(2)14/h6,13H,3-5,7H2,1-2H3. The van der Waals surface area contributed by atoms with Crippen molar-refractivity contribution in [1.82, 2.24) is 9.55 Å². The molecule has 0 fully saturated rings. The van der Waals surface area contributed by atoms with Gasteiger partial charge in [0.15, 0.2) is 11.6 Å². The fourth-order valence-corrected chi connectivity index (χ4v) is 1.37. The normalized spacial score (nSPS) is 10.6. The molecule has 0 amide bonds. The van der Waals surface area contributed by atoms with Gasteiger partial charge in [0, 0.05) is 20.1 Å². The third kappa shape index (κ3) is 2.87. The van der Waals surface area contributed by atoms with Crippen LogP contribution in [0.3, 0.4) is 0 Å². The highest BCUT2D eigenvalue weighted by Crippen LogP contribution is 2.06. The number of ketones is 1. The van der Waals surface area contributed by atoms with E-state index in [-0.39, 0.29) is 12.4 Å². The molecule has 1 aromatic rings. The van der Waals surface area contributed by atoms with E-state index in [4.69, 9.17) is 9.84 Å². The number of rotatable bonds is 6. The Morgan fingerprint density at radius 3 is 2.93 bits per heavy atom. The second-order valence-corrected chi connectivity index (χ2v) is 3.14. The molecule has 0 aliphatic carbocycles. The Balaban J connectivity index is 2.80. The van der Waals surface area contributed by atoms with Gasteiger partial charge >= 0.3 is 0 Å². The van der Waals surface area contributed by atoms with Crippen LogP contribution in [0.4, 0.5) is 0 Å². The maximum Gasteiger partial charge on any atom is 0.195 e. The van der Waals surface area contributed by atoms with Gasteiger partial charge in [-0.1, -0.05) is 0 Å². The van der Waals surface area contributed by atoms with Crippen molar-refractivity contribution in [2.45, 2.75) is 27.0 Å². The fraction of sp³-hybridized carbons (Fsp3) is 0.600. The van der Waals surface area contributed by atoms with E-state index in [1.54, 1.807) is 4.57 Å². The smallest absolute Gasteiger partial charge is 0.195 e. The van der Waals surface area contributed by atoms with E-state index in [0.29, 0.717) is 31.3 Å². The number of hydrogen-bond donors (Lipinski definition) is 1. The number of Topliss-reactive ketones (excluding diaryl/α,β-unsaturated/α-hetero) is 1. The SMILES string of the molecule is CCOCCn1c(CO)cnc1C(C)=O. The quantitative estimate of drug-likeness (QED) is 0.554. The molecule has 0 saturated heterocycles. The predicted octanol–water partition coefficient (Wildman–Crippen LogP) is 0.615. The number of hydrogen-bond acceptors (Lipinski definition) is 4. The van der Waals surface area contributed by atoms with Crippen LogP contribution < -0.4 is 0 Å². The van der Waals surface area contributed by atoms with Gasteiger partial charge in [0.1, 0.15) is 0 Å². The first-order valence-corrected chi connectivity index (χ1v) is 4.94. The van der Waals surface area contributed by atoms with E-state index in [2.05, 4.69) is 4.98 Å². The van der Waals surface area contributed by atoms with E-state index in [1.807, 2.05) is 6.92 Å². The van der Waals surface area contributed by atoms with Crippen molar-refractivity contribution in [2.75, 3.05) is 13.2 Å². The summed E-state index contributed by atoms with van der Waals surface area (Å²) in [5, 5.41) is 9.06. The second kappa shape index (κ2) is 5.63. The van der Waals surface area contributed by atoms with E-state index >= 15 is 0 Å². The fourth-order valence-electron chi connectivity index (χ4n) is 1.37. The Kier molecular flexibility index (Phi) is 4.45. The lowest BCUT2D eigenvalue weighted by Gasteiger charge is -2.08. The third-order valence-electron chi connectivity index (χ3n) is 2.08. The number of ether oxygens (including phenoxy) is 1. The van der Waals surface area contributed by atoms with Gasteiger partial charge in [-0.25, -0.2) is 4.98 Å². The maximum atomic E-state index is 11.2. The average Bonchev–Trinajstić information content (AvgIpc) is 2.61. The van der Waals surface area contributed by atoms with Crippen LogP contribution in [0.5, 0.6) is 0 Å². The Hall–Kier alpha value is -1.20. The summed E-state index contributed by atoms with van der Waals surface area (Å²) in [6.45, 7) is 4.94. The van der Waals surface area contributed by atoms with Gasteiger partial charge < -0.3 is 14.4 Å². The number of aliphatic hydroxyl groups is 1. The van der Waals surface area contributed by atoms with Gasteiger partial charge in [-0.2, -0.15) is 0 Å². The summed E-state index contributed by atoms with van der Waals surface area (Å²) in [5.41, 5.74) is 0.639. The summed E-state index contributed by atoms with van der Waals surface area (Å²) in [5.74, 6) is 0.268. The molecule has 0 spiro atoms. The molecular weight excluding hydrogens is 196 g/mol. The van der Waals surface area contributed by atoms with Crippen molar-refractivity contribution >= 4 is 5.78 Å². The number of carbonyl (C=O) groups is 1. The van der Waals surface area contributed by atoms with Gasteiger partial charge in [-0.05, 0) is 6.92 Å². The molecule has 0 aromatic carbocycles. The van der Waals surface area contributed by atoms with Gasteiger partial charge in [-0.15, -0.1) is 0 Å². The molecule has 1 heterocycles. The van der Waals surface area contributed by atoms with Crippen molar-refractivity contribution in [1.29, 1.82) is 0 Å². The third-order valence-corrected chi connectivity index (χ3v) is 2.08. The van der Waals surface area contributed by atoms with E-state index < -0.39 is 0 Å². The lowest BCUT2D eigenvalue weighted by atomic mass is 10.4. The van der Waals surface area contributed by atoms with E-state index in [9.17, 15) is 4.79 Å². The second-order valence-electron chi connectivity index (χ2n) is 3.14. The van der Waals surface area contributed by atoms with Gasteiger partial charge in [0.2, 0.25) is 0 Å². The number of aliphatic hydroxyl groups excluding tert-OH is 1. The van der Waals surface area contributed by atoms with E-state index in [0.717, 1.165) is 0 Å². The highest BCUT2D eigenvalue weighted by Gasteiger charge is 2.12. The van der Waals surface area contributed by atoms with E-state index in [1.165, 1.54) is 13.1 Å². The Morgan fingerprint density at radius 2 is 2.40 bits per heavy atom. The molecule has 5 nitrogen and oxygen atoms in total. The first-order valence-electron chi connectivity index (χ1n) is 4.94. The zero-order chi connectivity index (χ0) is 11.3. The molecule has 0 saturated carbocycles. The molecule has 1 rings (SSSR count). The summed E-state index contributed by atoms with van der Waals surface area (Å²) >= 11 is 0. The number of nitrogens with zero attached hydrogens (tertiary/aromatic N) is 2. The summed E-state index contributed by atoms with van der Waals surface area (Å²) in [7, 11) is 0. The minimum Gasteiger partial charge on any atom is -0.390 e. The minimum absolute atomic E-state index is 0.105. The molecule has 0 radical (unpaired) electrons. The summed E-state index contributed by atoms with van der Waals surface area (Å²) in [6.07, 6.45) is 1.52. The monoisotopic (exact) mass is 212 g/mol. The average molecular weight is 212 g/mol. The molecule has 0 unspecified atom stereocenters. The van der Waals surface area contributed by atoms with Gasteiger partial charge in [-0.3, -0.25) is 4.79 Å². The predicted molar refractivity (Wildman–Crippen MR) is 54.6 cm³/mol. The number of carbonyl (C=O) groups excluding carboxylic acids is 1. The zero-order valence-electron chi connectivity index (χ0n) is 9.06. The van der Waals surface area contributed by atoms with Gasteiger partial charge in [0.05, 0.1) is 25.1 Å². The topological polar surface area (TPSA) is 64.3 Å². The number of aromatic nitrogens is 2. The summed E-state index contributed by atoms with van der Waals surface area (Å²) in [6, 6.07) is 0. The van der Waals surface area contributed by atoms with Crippen LogP contribution in [0.25, 0.3) is 0 Å². The molecule has 0 atom stereocenters. The molecule has 84 valence electrons. The molecule has 0 bridgehead atoms. The van der Waals surface area contributed by atoms with Crippen LogP contribution in [-0.2, 0) is 17.9 Å². The minimum atomic E-state index is -0.119. The molecule has 15 heavy (non-hydrogen) atoms. The van der Waals surface area contributed by atoms with Crippen molar-refractivity contribution in [3.05, 3.63) is 17.7 Å². The zero-order valence-corrected chi connectivity index (χ0v) is 9.06. The van der Waals surface area contributed by atoms with Crippen LogP contribution in [0.1, 0.15) is 30.2 Å². The van der Waals surface area contributed by atoms with Gasteiger partial charge in [0.25, 0.3) is 0 Å². The molecular formula is C10H16N2O3. The Labute approximate surface area is 88.7 Å². The Morgan fingerprint density at radius 1 is 1.67 bits per heavy atom. The summed E-state index contributed by atoms with van der Waals surface area (Å²) in [4.78, 5) is 15.2. The molecule has 1 aromatic heterocycles. The van der Waals surface area contributed by atoms with Crippen LogP contribution in [-0.4, -0.2) is 33.7 Å². The number of imidazole rings is 1. The first kappa shape index (κ1) is 11.9. The van der Waals surface area contributed by atoms with Crippen LogP contribution in [0.15, 0.2) is 6.20 Å². The largest absolute Gasteiger partial charge is 0.390 e.